The normalized spacial score (nSPS) is 25.8. The van der Waals surface area contributed by atoms with E-state index in [1.807, 2.05) is 0 Å². The maximum atomic E-state index is 9.22. The van der Waals surface area contributed by atoms with Crippen LogP contribution in [0.4, 0.5) is 5.69 Å². The van der Waals surface area contributed by atoms with Crippen molar-refractivity contribution >= 4 is 5.69 Å². The Morgan fingerprint density at radius 3 is 2.88 bits per heavy atom. The largest absolute Gasteiger partial charge is 0.395 e. The molecule has 2 N–H and O–H groups in total. The first kappa shape index (κ1) is 11.4. The van der Waals surface area contributed by atoms with Crippen LogP contribution < -0.4 is 10.2 Å². The Bertz CT molecular complexity index is 354. The van der Waals surface area contributed by atoms with Gasteiger partial charge in [0.1, 0.15) is 0 Å². The van der Waals surface area contributed by atoms with Gasteiger partial charge in [-0.05, 0) is 25.5 Å². The summed E-state index contributed by atoms with van der Waals surface area (Å²) in [6.45, 7) is 6.36. The topological polar surface area (TPSA) is 35.5 Å². The SMILES string of the molecule is Cc1ccccc1N1CC(CO)NCC1C. The summed E-state index contributed by atoms with van der Waals surface area (Å²) in [5.41, 5.74) is 2.59. The summed E-state index contributed by atoms with van der Waals surface area (Å²) in [5.74, 6) is 0. The first-order valence-corrected chi connectivity index (χ1v) is 5.89. The first-order valence-electron chi connectivity index (χ1n) is 5.89. The molecular weight excluding hydrogens is 200 g/mol. The molecule has 1 aromatic rings. The molecule has 1 aliphatic rings. The van der Waals surface area contributed by atoms with Gasteiger partial charge in [0, 0.05) is 30.9 Å². The number of nitrogens with zero attached hydrogens (tertiary/aromatic N) is 1. The van der Waals surface area contributed by atoms with Crippen molar-refractivity contribution in [1.82, 2.24) is 5.32 Å². The number of piperazine rings is 1. The Morgan fingerprint density at radius 1 is 1.44 bits per heavy atom. The average Bonchev–Trinajstić information content (AvgIpc) is 2.31. The number of rotatable bonds is 2. The molecule has 0 saturated carbocycles. The Morgan fingerprint density at radius 2 is 2.19 bits per heavy atom. The summed E-state index contributed by atoms with van der Waals surface area (Å²) in [6.07, 6.45) is 0. The van der Waals surface area contributed by atoms with Crippen LogP contribution in [-0.4, -0.2) is 36.9 Å². The van der Waals surface area contributed by atoms with E-state index in [4.69, 9.17) is 0 Å². The minimum Gasteiger partial charge on any atom is -0.395 e. The van der Waals surface area contributed by atoms with Crippen LogP contribution in [0.1, 0.15) is 12.5 Å². The molecular formula is C13H20N2O. The van der Waals surface area contributed by atoms with Crippen molar-refractivity contribution in [3.63, 3.8) is 0 Å². The number of para-hydroxylation sites is 1. The lowest BCUT2D eigenvalue weighted by Gasteiger charge is -2.40. The van der Waals surface area contributed by atoms with Crippen LogP contribution in [0.3, 0.4) is 0 Å². The number of aryl methyl sites for hydroxylation is 1. The lowest BCUT2D eigenvalue weighted by Crippen LogP contribution is -2.57. The highest BCUT2D eigenvalue weighted by atomic mass is 16.3. The molecule has 0 amide bonds. The molecule has 1 fully saturated rings. The monoisotopic (exact) mass is 220 g/mol. The van der Waals surface area contributed by atoms with E-state index in [1.165, 1.54) is 11.3 Å². The van der Waals surface area contributed by atoms with Crippen LogP contribution in [-0.2, 0) is 0 Å². The van der Waals surface area contributed by atoms with E-state index in [-0.39, 0.29) is 12.6 Å². The standard InChI is InChI=1S/C13H20N2O/c1-10-5-3-4-6-13(10)15-8-12(9-16)14-7-11(15)2/h3-6,11-12,14,16H,7-9H2,1-2H3. The number of aliphatic hydroxyl groups is 1. The molecule has 0 radical (unpaired) electrons. The lowest BCUT2D eigenvalue weighted by atomic mass is 10.1. The van der Waals surface area contributed by atoms with E-state index in [2.05, 4.69) is 48.3 Å². The van der Waals surface area contributed by atoms with Crippen molar-refractivity contribution in [1.29, 1.82) is 0 Å². The molecule has 0 bridgehead atoms. The number of benzene rings is 1. The minimum atomic E-state index is 0.191. The second-order valence-electron chi connectivity index (χ2n) is 4.58. The van der Waals surface area contributed by atoms with Gasteiger partial charge in [-0.25, -0.2) is 0 Å². The molecule has 88 valence electrons. The highest BCUT2D eigenvalue weighted by Gasteiger charge is 2.25. The smallest absolute Gasteiger partial charge is 0.0601 e. The Labute approximate surface area is 97.1 Å². The van der Waals surface area contributed by atoms with Crippen molar-refractivity contribution in [3.05, 3.63) is 29.8 Å². The summed E-state index contributed by atoms with van der Waals surface area (Å²) in [5, 5.41) is 12.6. The number of nitrogens with one attached hydrogen (secondary N) is 1. The third kappa shape index (κ3) is 2.20. The molecule has 2 unspecified atom stereocenters. The van der Waals surface area contributed by atoms with Crippen molar-refractivity contribution < 1.29 is 5.11 Å². The summed E-state index contributed by atoms with van der Waals surface area (Å²) >= 11 is 0. The predicted molar refractivity (Wildman–Crippen MR) is 66.9 cm³/mol. The van der Waals surface area contributed by atoms with Crippen LogP contribution in [0.5, 0.6) is 0 Å². The predicted octanol–water partition coefficient (Wildman–Crippen LogP) is 1.15. The van der Waals surface area contributed by atoms with Gasteiger partial charge in [-0.1, -0.05) is 18.2 Å². The van der Waals surface area contributed by atoms with Gasteiger partial charge >= 0.3 is 0 Å². The van der Waals surface area contributed by atoms with Crippen LogP contribution in [0, 0.1) is 6.92 Å². The molecule has 1 aliphatic heterocycles. The van der Waals surface area contributed by atoms with Gasteiger partial charge in [0.15, 0.2) is 0 Å². The van der Waals surface area contributed by atoms with Gasteiger partial charge in [-0.2, -0.15) is 0 Å². The van der Waals surface area contributed by atoms with Crippen LogP contribution in [0.15, 0.2) is 24.3 Å². The van der Waals surface area contributed by atoms with Crippen LogP contribution in [0.2, 0.25) is 0 Å². The number of aliphatic hydroxyl groups excluding tert-OH is 1. The zero-order valence-corrected chi connectivity index (χ0v) is 9.98. The Hall–Kier alpha value is -1.06. The highest BCUT2D eigenvalue weighted by Crippen LogP contribution is 2.23. The molecule has 1 heterocycles. The molecule has 3 heteroatoms. The zero-order chi connectivity index (χ0) is 11.5. The van der Waals surface area contributed by atoms with Crippen LogP contribution in [0.25, 0.3) is 0 Å². The summed E-state index contributed by atoms with van der Waals surface area (Å²) in [4.78, 5) is 2.38. The fourth-order valence-electron chi connectivity index (χ4n) is 2.27. The van der Waals surface area contributed by atoms with E-state index >= 15 is 0 Å². The molecule has 1 aromatic carbocycles. The van der Waals surface area contributed by atoms with Gasteiger partial charge in [0.25, 0.3) is 0 Å². The van der Waals surface area contributed by atoms with Gasteiger partial charge in [0.2, 0.25) is 0 Å². The van der Waals surface area contributed by atoms with E-state index in [0.717, 1.165) is 13.1 Å². The van der Waals surface area contributed by atoms with Crippen molar-refractivity contribution in [2.24, 2.45) is 0 Å². The molecule has 3 nitrogen and oxygen atoms in total. The number of hydrogen-bond donors (Lipinski definition) is 2. The third-order valence-electron chi connectivity index (χ3n) is 3.30. The molecule has 2 rings (SSSR count). The van der Waals surface area contributed by atoms with Crippen molar-refractivity contribution in [2.75, 3.05) is 24.6 Å². The molecule has 1 saturated heterocycles. The maximum Gasteiger partial charge on any atom is 0.0601 e. The second-order valence-corrected chi connectivity index (χ2v) is 4.58. The molecule has 0 aromatic heterocycles. The molecule has 2 atom stereocenters. The Balaban J connectivity index is 2.21. The minimum absolute atomic E-state index is 0.191. The zero-order valence-electron chi connectivity index (χ0n) is 9.98. The van der Waals surface area contributed by atoms with E-state index in [1.54, 1.807) is 0 Å². The van der Waals surface area contributed by atoms with E-state index in [0.29, 0.717) is 6.04 Å². The second kappa shape index (κ2) is 4.85. The van der Waals surface area contributed by atoms with Gasteiger partial charge in [-0.15, -0.1) is 0 Å². The summed E-state index contributed by atoms with van der Waals surface area (Å²) in [7, 11) is 0. The van der Waals surface area contributed by atoms with Crippen molar-refractivity contribution in [2.45, 2.75) is 25.9 Å². The molecule has 0 spiro atoms. The summed E-state index contributed by atoms with van der Waals surface area (Å²) in [6, 6.07) is 9.10. The molecule has 0 aliphatic carbocycles. The van der Waals surface area contributed by atoms with Crippen molar-refractivity contribution in [3.8, 4) is 0 Å². The quantitative estimate of drug-likeness (QED) is 0.785. The van der Waals surface area contributed by atoms with Gasteiger partial charge in [-0.3, -0.25) is 0 Å². The lowest BCUT2D eigenvalue weighted by molar-refractivity contribution is 0.227. The fraction of sp³-hybridized carbons (Fsp3) is 0.538. The Kier molecular flexibility index (Phi) is 3.46. The van der Waals surface area contributed by atoms with E-state index < -0.39 is 0 Å². The van der Waals surface area contributed by atoms with E-state index in [9.17, 15) is 5.11 Å². The van der Waals surface area contributed by atoms with Gasteiger partial charge < -0.3 is 15.3 Å². The summed E-state index contributed by atoms with van der Waals surface area (Å²) < 4.78 is 0. The average molecular weight is 220 g/mol. The van der Waals surface area contributed by atoms with Crippen LogP contribution >= 0.6 is 0 Å². The third-order valence-corrected chi connectivity index (χ3v) is 3.30. The number of anilines is 1. The first-order chi connectivity index (χ1) is 7.72. The van der Waals surface area contributed by atoms with Gasteiger partial charge in [0.05, 0.1) is 6.61 Å². The fourth-order valence-corrected chi connectivity index (χ4v) is 2.27. The molecule has 16 heavy (non-hydrogen) atoms. The highest BCUT2D eigenvalue weighted by molar-refractivity contribution is 5.54. The number of hydrogen-bond acceptors (Lipinski definition) is 3. The maximum absolute atomic E-state index is 9.22.